The lowest BCUT2D eigenvalue weighted by Gasteiger charge is -2.31. The Hall–Kier alpha value is -4.22. The van der Waals surface area contributed by atoms with Crippen molar-refractivity contribution in [2.45, 2.75) is 45.8 Å². The van der Waals surface area contributed by atoms with E-state index in [-0.39, 0.29) is 17.1 Å². The molecule has 0 saturated carbocycles. The zero-order valence-corrected chi connectivity index (χ0v) is 26.1. The number of imide groups is 1. The van der Waals surface area contributed by atoms with Crippen LogP contribution in [-0.2, 0) is 22.5 Å². The zero-order valence-electron chi connectivity index (χ0n) is 24.5. The first kappa shape index (κ1) is 31.7. The van der Waals surface area contributed by atoms with Crippen LogP contribution in [0.5, 0.6) is 11.5 Å². The maximum atomic E-state index is 13.8. The number of carbonyl (C=O) groups is 2. The van der Waals surface area contributed by atoms with Crippen molar-refractivity contribution in [2.24, 2.45) is 0 Å². The molecule has 2 amide bonds. The van der Waals surface area contributed by atoms with E-state index in [2.05, 4.69) is 20.6 Å². The van der Waals surface area contributed by atoms with Gasteiger partial charge in [-0.3, -0.25) is 14.8 Å². The van der Waals surface area contributed by atoms with Crippen LogP contribution in [0.25, 0.3) is 0 Å². The Morgan fingerprint density at radius 3 is 2.67 bits per heavy atom. The van der Waals surface area contributed by atoms with Gasteiger partial charge in [-0.15, -0.1) is 0 Å². The summed E-state index contributed by atoms with van der Waals surface area (Å²) in [5.74, 6) is 0.399. The number of nitrogens with one attached hydrogen (secondary N) is 2. The maximum Gasteiger partial charge on any atom is 0.417 e. The molecule has 0 bridgehead atoms. The fourth-order valence-electron chi connectivity index (χ4n) is 4.31. The lowest BCUT2D eigenvalue weighted by atomic mass is 10.0. The van der Waals surface area contributed by atoms with E-state index in [0.717, 1.165) is 16.2 Å². The van der Waals surface area contributed by atoms with Crippen LogP contribution in [0.3, 0.4) is 0 Å². The van der Waals surface area contributed by atoms with Crippen molar-refractivity contribution in [3.63, 3.8) is 0 Å². The smallest absolute Gasteiger partial charge is 0.417 e. The summed E-state index contributed by atoms with van der Waals surface area (Å²) in [5, 5.41) is 6.81. The number of halogens is 1. The number of carbonyl (C=O) groups excluding carboxylic acids is 2. The normalized spacial score (nSPS) is 13.4. The van der Waals surface area contributed by atoms with Gasteiger partial charge in [0.1, 0.15) is 16.3 Å². The molecule has 12 heteroatoms. The summed E-state index contributed by atoms with van der Waals surface area (Å²) in [4.78, 5) is 36.4. The number of rotatable bonds is 10. The van der Waals surface area contributed by atoms with E-state index < -0.39 is 17.6 Å². The topological polar surface area (TPSA) is 115 Å². The van der Waals surface area contributed by atoms with E-state index >= 15 is 0 Å². The third-order valence-corrected chi connectivity index (χ3v) is 6.91. The van der Waals surface area contributed by atoms with Gasteiger partial charge in [0.05, 0.1) is 36.2 Å². The highest BCUT2D eigenvalue weighted by atomic mass is 35.5. The van der Waals surface area contributed by atoms with E-state index in [9.17, 15) is 9.59 Å². The molecule has 4 rings (SSSR count). The van der Waals surface area contributed by atoms with Crippen LogP contribution in [0.4, 0.5) is 10.5 Å². The molecule has 0 fully saturated rings. The van der Waals surface area contributed by atoms with Crippen molar-refractivity contribution in [3.05, 3.63) is 88.6 Å². The van der Waals surface area contributed by atoms with Crippen molar-refractivity contribution in [3.8, 4) is 11.5 Å². The summed E-state index contributed by atoms with van der Waals surface area (Å²) >= 11 is 12.0. The SMILES string of the molecule is COc1c(Cl)cccc1NC(=S)C1=C(NCc2ccncc2OCCc2ccccn2)CCN(C(=O)OC(C)(C)C)C1=O. The molecule has 0 radical (unpaired) electrons. The number of amides is 2. The number of para-hydroxylation sites is 1. The maximum absolute atomic E-state index is 13.8. The van der Waals surface area contributed by atoms with Gasteiger partial charge in [0.15, 0.2) is 5.75 Å². The van der Waals surface area contributed by atoms with Crippen LogP contribution in [0.2, 0.25) is 5.02 Å². The second-order valence-corrected chi connectivity index (χ2v) is 11.4. The summed E-state index contributed by atoms with van der Waals surface area (Å²) in [7, 11) is 1.49. The molecule has 2 aromatic heterocycles. The number of hydrogen-bond donors (Lipinski definition) is 2. The molecule has 226 valence electrons. The fraction of sp³-hybridized carbons (Fsp3) is 0.323. The first-order valence-corrected chi connectivity index (χ1v) is 14.5. The first-order valence-electron chi connectivity index (χ1n) is 13.7. The van der Waals surface area contributed by atoms with Crippen LogP contribution < -0.4 is 20.1 Å². The molecule has 1 aliphatic heterocycles. The molecule has 1 aromatic carbocycles. The van der Waals surface area contributed by atoms with Crippen LogP contribution >= 0.6 is 23.8 Å². The Balaban J connectivity index is 1.57. The molecule has 0 spiro atoms. The third-order valence-electron chi connectivity index (χ3n) is 6.31. The van der Waals surface area contributed by atoms with Gasteiger partial charge in [-0.1, -0.05) is 36.0 Å². The van der Waals surface area contributed by atoms with Gasteiger partial charge in [0, 0.05) is 55.3 Å². The predicted octanol–water partition coefficient (Wildman–Crippen LogP) is 5.71. The molecular formula is C31H34ClN5O5S. The van der Waals surface area contributed by atoms with E-state index in [4.69, 9.17) is 38.0 Å². The molecule has 43 heavy (non-hydrogen) atoms. The summed E-state index contributed by atoms with van der Waals surface area (Å²) in [6.45, 7) is 6.08. The number of benzene rings is 1. The minimum absolute atomic E-state index is 0.0999. The molecule has 1 aliphatic rings. The molecule has 0 atom stereocenters. The van der Waals surface area contributed by atoms with Gasteiger partial charge in [-0.2, -0.15) is 0 Å². The fourth-order valence-corrected chi connectivity index (χ4v) is 4.89. The van der Waals surface area contributed by atoms with Crippen LogP contribution in [0.1, 0.15) is 38.4 Å². The summed E-state index contributed by atoms with van der Waals surface area (Å²) in [6, 6.07) is 12.7. The molecule has 0 unspecified atom stereocenters. The monoisotopic (exact) mass is 623 g/mol. The number of pyridine rings is 2. The highest BCUT2D eigenvalue weighted by Gasteiger charge is 2.36. The molecule has 0 saturated heterocycles. The standard InChI is InChI=1S/C31H34ClN5O5S/c1-31(2,3)42-30(39)37-16-12-23(26(29(37)38)28(43)36-24-10-7-9-22(32)27(24)40-4)35-18-20-11-15-33-19-25(20)41-17-13-21-8-5-6-14-34-21/h5-11,14-15,19,35H,12-13,16-18H2,1-4H3,(H,36,43). The lowest BCUT2D eigenvalue weighted by Crippen LogP contribution is -2.47. The molecule has 0 aliphatic carbocycles. The second kappa shape index (κ2) is 14.3. The van der Waals surface area contributed by atoms with Crippen molar-refractivity contribution in [1.29, 1.82) is 0 Å². The molecule has 3 heterocycles. The summed E-state index contributed by atoms with van der Waals surface area (Å²) in [5.41, 5.74) is 2.17. The average molecular weight is 624 g/mol. The Morgan fingerprint density at radius 1 is 1.14 bits per heavy atom. The Morgan fingerprint density at radius 2 is 1.95 bits per heavy atom. The number of methoxy groups -OCH3 is 1. The number of aromatic nitrogens is 2. The van der Waals surface area contributed by atoms with Crippen LogP contribution in [-0.4, -0.2) is 57.7 Å². The van der Waals surface area contributed by atoms with Gasteiger partial charge >= 0.3 is 6.09 Å². The van der Waals surface area contributed by atoms with E-state index in [1.807, 2.05) is 24.3 Å². The van der Waals surface area contributed by atoms with E-state index in [1.165, 1.54) is 7.11 Å². The number of thiocarbonyl (C=S) groups is 1. The molecule has 10 nitrogen and oxygen atoms in total. The van der Waals surface area contributed by atoms with Gasteiger partial charge in [0.25, 0.3) is 5.91 Å². The Kier molecular flexibility index (Phi) is 10.5. The lowest BCUT2D eigenvalue weighted by molar-refractivity contribution is -0.126. The third kappa shape index (κ3) is 8.42. The molecular weight excluding hydrogens is 590 g/mol. The highest BCUT2D eigenvalue weighted by molar-refractivity contribution is 7.81. The van der Waals surface area contributed by atoms with Gasteiger partial charge in [-0.05, 0) is 51.1 Å². The van der Waals surface area contributed by atoms with E-state index in [1.54, 1.807) is 57.6 Å². The van der Waals surface area contributed by atoms with Crippen molar-refractivity contribution < 1.29 is 23.8 Å². The number of ether oxygens (including phenoxy) is 3. The van der Waals surface area contributed by atoms with E-state index in [0.29, 0.717) is 53.9 Å². The van der Waals surface area contributed by atoms with Crippen LogP contribution in [0.15, 0.2) is 72.3 Å². The Labute approximate surface area is 261 Å². The predicted molar refractivity (Wildman–Crippen MR) is 168 cm³/mol. The van der Waals surface area contributed by atoms with Crippen molar-refractivity contribution >= 4 is 46.5 Å². The van der Waals surface area contributed by atoms with Gasteiger partial charge in [-0.25, -0.2) is 9.69 Å². The number of hydrogen-bond acceptors (Lipinski definition) is 9. The van der Waals surface area contributed by atoms with Gasteiger partial charge < -0.3 is 24.8 Å². The average Bonchev–Trinajstić information content (AvgIpc) is 2.96. The first-order chi connectivity index (χ1) is 20.6. The quantitative estimate of drug-likeness (QED) is 0.272. The summed E-state index contributed by atoms with van der Waals surface area (Å²) < 4.78 is 16.9. The largest absolute Gasteiger partial charge is 0.493 e. The highest BCUT2D eigenvalue weighted by Crippen LogP contribution is 2.33. The molecule has 2 N–H and O–H groups in total. The minimum Gasteiger partial charge on any atom is -0.493 e. The number of anilines is 1. The zero-order chi connectivity index (χ0) is 31.0. The van der Waals surface area contributed by atoms with Crippen molar-refractivity contribution in [2.75, 3.05) is 25.6 Å². The molecule has 3 aromatic rings. The summed E-state index contributed by atoms with van der Waals surface area (Å²) in [6.07, 6.45) is 5.30. The van der Waals surface area contributed by atoms with Gasteiger partial charge in [0.2, 0.25) is 0 Å². The minimum atomic E-state index is -0.777. The number of nitrogens with zero attached hydrogens (tertiary/aromatic N) is 3. The van der Waals surface area contributed by atoms with Crippen LogP contribution in [0, 0.1) is 0 Å². The second-order valence-electron chi connectivity index (χ2n) is 10.6. The van der Waals surface area contributed by atoms with Crippen molar-refractivity contribution in [1.82, 2.24) is 20.2 Å². The Bertz CT molecular complexity index is 1510.